The van der Waals surface area contributed by atoms with Crippen molar-refractivity contribution in [2.24, 2.45) is 0 Å². The molecule has 1 N–H and O–H groups in total. The minimum absolute atomic E-state index is 0.135. The number of aryl methyl sites for hydroxylation is 1. The third-order valence-corrected chi connectivity index (χ3v) is 6.32. The summed E-state index contributed by atoms with van der Waals surface area (Å²) in [5.74, 6) is 0.419. The van der Waals surface area contributed by atoms with Crippen LogP contribution >= 0.6 is 0 Å². The van der Waals surface area contributed by atoms with E-state index in [9.17, 15) is 9.59 Å². The van der Waals surface area contributed by atoms with Gasteiger partial charge in [0.15, 0.2) is 5.78 Å². The molecule has 3 aliphatic rings. The average molecular weight is 383 g/mol. The first-order chi connectivity index (χ1) is 13.4. The number of piperazine rings is 1. The lowest BCUT2D eigenvalue weighted by molar-refractivity contribution is -0.124. The summed E-state index contributed by atoms with van der Waals surface area (Å²) in [6.45, 7) is 9.61. The van der Waals surface area contributed by atoms with E-state index in [0.717, 1.165) is 49.6 Å². The number of ether oxygens (including phenoxy) is 1. The van der Waals surface area contributed by atoms with Gasteiger partial charge in [-0.15, -0.1) is 0 Å². The monoisotopic (exact) mass is 383 g/mol. The molecule has 1 saturated heterocycles. The van der Waals surface area contributed by atoms with Crippen LogP contribution in [0.3, 0.4) is 0 Å². The summed E-state index contributed by atoms with van der Waals surface area (Å²) >= 11 is 0. The Morgan fingerprint density at radius 1 is 1.29 bits per heavy atom. The van der Waals surface area contributed by atoms with Crippen molar-refractivity contribution in [2.45, 2.75) is 31.8 Å². The van der Waals surface area contributed by atoms with Gasteiger partial charge in [-0.1, -0.05) is 23.8 Å². The number of carbonyl (C=O) groups excluding carboxylic acids is 2. The Labute approximate surface area is 166 Å². The molecule has 2 aliphatic heterocycles. The Kier molecular flexibility index (Phi) is 5.02. The van der Waals surface area contributed by atoms with Gasteiger partial charge in [-0.25, -0.2) is 0 Å². The van der Waals surface area contributed by atoms with E-state index in [1.807, 2.05) is 25.1 Å². The Morgan fingerprint density at radius 3 is 2.79 bits per heavy atom. The molecule has 0 unspecified atom stereocenters. The summed E-state index contributed by atoms with van der Waals surface area (Å²) in [7, 11) is 2.13. The number of Topliss-reactive ketones (excluding diaryl/α,β-unsaturated/α-hetero) is 1. The average Bonchev–Trinajstić information content (AvgIpc) is 2.94. The van der Waals surface area contributed by atoms with Gasteiger partial charge in [-0.05, 0) is 27.0 Å². The minimum atomic E-state index is -0.445. The fraction of sp³-hybridized carbons (Fsp3) is 0.545. The maximum absolute atomic E-state index is 12.7. The second kappa shape index (κ2) is 7.33. The molecule has 1 aromatic carbocycles. The zero-order valence-electron chi connectivity index (χ0n) is 17.0. The van der Waals surface area contributed by atoms with Crippen LogP contribution in [0.1, 0.15) is 24.5 Å². The fourth-order valence-corrected chi connectivity index (χ4v) is 4.39. The van der Waals surface area contributed by atoms with Crippen LogP contribution in [0.4, 0.5) is 0 Å². The quantitative estimate of drug-likeness (QED) is 0.794. The van der Waals surface area contributed by atoms with Crippen molar-refractivity contribution >= 4 is 11.7 Å². The van der Waals surface area contributed by atoms with Gasteiger partial charge in [0, 0.05) is 51.3 Å². The second-order valence-electron chi connectivity index (χ2n) is 8.47. The van der Waals surface area contributed by atoms with E-state index in [0.29, 0.717) is 6.54 Å². The number of hydrogen-bond donors (Lipinski definition) is 1. The van der Waals surface area contributed by atoms with Crippen LogP contribution in [0.25, 0.3) is 0 Å². The van der Waals surface area contributed by atoms with Gasteiger partial charge in [0.05, 0.1) is 11.0 Å². The molecule has 1 aromatic rings. The Hall–Kier alpha value is -2.18. The molecule has 6 nitrogen and oxygen atoms in total. The van der Waals surface area contributed by atoms with Crippen molar-refractivity contribution in [3.05, 3.63) is 41.0 Å². The highest BCUT2D eigenvalue weighted by molar-refractivity contribution is 6.20. The van der Waals surface area contributed by atoms with Crippen LogP contribution < -0.4 is 10.1 Å². The molecule has 2 heterocycles. The van der Waals surface area contributed by atoms with E-state index in [1.54, 1.807) is 0 Å². The Bertz CT molecular complexity index is 826. The lowest BCUT2D eigenvalue weighted by Crippen LogP contribution is -2.47. The number of likely N-dealkylation sites (N-methyl/N-ethyl adjacent to an activating group) is 1. The minimum Gasteiger partial charge on any atom is -0.488 e. The molecular formula is C22H29N3O3. The molecule has 0 bridgehead atoms. The number of rotatable bonds is 4. The maximum Gasteiger partial charge on any atom is 0.254 e. The molecular weight excluding hydrogens is 354 g/mol. The van der Waals surface area contributed by atoms with E-state index in [4.69, 9.17) is 4.74 Å². The number of amides is 1. The lowest BCUT2D eigenvalue weighted by atomic mass is 9.71. The predicted molar refractivity (Wildman–Crippen MR) is 108 cm³/mol. The summed E-state index contributed by atoms with van der Waals surface area (Å²) in [5, 5.41) is 2.95. The van der Waals surface area contributed by atoms with Crippen LogP contribution in [-0.4, -0.2) is 73.9 Å². The van der Waals surface area contributed by atoms with Crippen LogP contribution in [0.15, 0.2) is 29.8 Å². The third kappa shape index (κ3) is 3.47. The number of fused-ring (bicyclic) bond motifs is 3. The Morgan fingerprint density at radius 2 is 2.04 bits per heavy atom. The predicted octanol–water partition coefficient (Wildman–Crippen LogP) is 1.28. The Balaban J connectivity index is 1.45. The van der Waals surface area contributed by atoms with Gasteiger partial charge >= 0.3 is 0 Å². The first kappa shape index (κ1) is 19.2. The molecule has 1 amide bonds. The number of carbonyl (C=O) groups is 2. The van der Waals surface area contributed by atoms with E-state index < -0.39 is 5.41 Å². The zero-order chi connectivity index (χ0) is 19.9. The van der Waals surface area contributed by atoms with Crippen LogP contribution in [0, 0.1) is 6.92 Å². The van der Waals surface area contributed by atoms with Crippen molar-refractivity contribution in [3.63, 3.8) is 0 Å². The highest BCUT2D eigenvalue weighted by atomic mass is 16.5. The summed E-state index contributed by atoms with van der Waals surface area (Å²) in [4.78, 5) is 30.0. The standard InChI is InChI=1S/C22H29N3O3/c1-15-4-5-19-17(12-15)22(2)14-16(18(26)13-20(22)28-19)21(27)23-6-7-25-10-8-24(3)9-11-25/h4-5,12,14,20H,6-11,13H2,1-3H3,(H,23,27)/t20-,22-/m0/s1. The van der Waals surface area contributed by atoms with Crippen molar-refractivity contribution in [2.75, 3.05) is 46.3 Å². The van der Waals surface area contributed by atoms with E-state index >= 15 is 0 Å². The maximum atomic E-state index is 12.7. The molecule has 2 atom stereocenters. The normalized spacial score (nSPS) is 27.6. The zero-order valence-corrected chi connectivity index (χ0v) is 17.0. The van der Waals surface area contributed by atoms with Gasteiger partial charge in [0.2, 0.25) is 0 Å². The number of hydrogen-bond acceptors (Lipinski definition) is 5. The number of nitrogens with zero attached hydrogens (tertiary/aromatic N) is 2. The van der Waals surface area contributed by atoms with Gasteiger partial charge in [-0.2, -0.15) is 0 Å². The molecule has 0 spiro atoms. The molecule has 150 valence electrons. The van der Waals surface area contributed by atoms with Crippen LogP contribution in [0.5, 0.6) is 5.75 Å². The number of benzene rings is 1. The van der Waals surface area contributed by atoms with Crippen molar-refractivity contribution in [1.82, 2.24) is 15.1 Å². The summed E-state index contributed by atoms with van der Waals surface area (Å²) in [6.07, 6.45) is 1.83. The van der Waals surface area contributed by atoms with E-state index in [-0.39, 0.29) is 29.8 Å². The summed E-state index contributed by atoms with van der Waals surface area (Å²) < 4.78 is 6.03. The highest BCUT2D eigenvalue weighted by Crippen LogP contribution is 2.48. The summed E-state index contributed by atoms with van der Waals surface area (Å²) in [5.41, 5.74) is 2.04. The molecule has 4 rings (SSSR count). The third-order valence-electron chi connectivity index (χ3n) is 6.32. The van der Waals surface area contributed by atoms with E-state index in [2.05, 4.69) is 35.2 Å². The first-order valence-electron chi connectivity index (χ1n) is 10.1. The van der Waals surface area contributed by atoms with Crippen LogP contribution in [-0.2, 0) is 15.0 Å². The topological polar surface area (TPSA) is 61.9 Å². The largest absolute Gasteiger partial charge is 0.488 e. The van der Waals surface area contributed by atoms with Crippen molar-refractivity contribution < 1.29 is 14.3 Å². The molecule has 1 aliphatic carbocycles. The molecule has 1 fully saturated rings. The fourth-order valence-electron chi connectivity index (χ4n) is 4.39. The number of nitrogens with one attached hydrogen (secondary N) is 1. The van der Waals surface area contributed by atoms with Gasteiger partial charge in [0.25, 0.3) is 5.91 Å². The molecule has 6 heteroatoms. The van der Waals surface area contributed by atoms with Gasteiger partial charge in [-0.3, -0.25) is 14.5 Å². The van der Waals surface area contributed by atoms with Crippen LogP contribution in [0.2, 0.25) is 0 Å². The van der Waals surface area contributed by atoms with E-state index in [1.165, 1.54) is 0 Å². The first-order valence-corrected chi connectivity index (χ1v) is 10.1. The second-order valence-corrected chi connectivity index (χ2v) is 8.47. The smallest absolute Gasteiger partial charge is 0.254 e. The highest BCUT2D eigenvalue weighted by Gasteiger charge is 2.49. The SMILES string of the molecule is Cc1ccc2c(c1)[C@]1(C)C=C(C(=O)NCCN3CCN(C)CC3)C(=O)C[C@@H]1O2. The number of ketones is 1. The van der Waals surface area contributed by atoms with Gasteiger partial charge < -0.3 is 15.0 Å². The van der Waals surface area contributed by atoms with Gasteiger partial charge in [0.1, 0.15) is 11.9 Å². The van der Waals surface area contributed by atoms with Crippen molar-refractivity contribution in [3.8, 4) is 5.75 Å². The lowest BCUT2D eigenvalue weighted by Gasteiger charge is -2.33. The van der Waals surface area contributed by atoms with Crippen molar-refractivity contribution in [1.29, 1.82) is 0 Å². The molecule has 28 heavy (non-hydrogen) atoms. The molecule has 0 radical (unpaired) electrons. The molecule has 0 saturated carbocycles. The summed E-state index contributed by atoms with van der Waals surface area (Å²) in [6, 6.07) is 6.07. The molecule has 0 aromatic heterocycles.